The van der Waals surface area contributed by atoms with Crippen molar-refractivity contribution >= 4 is 40.7 Å². The fraction of sp³-hybridized carbons (Fsp3) is 0.947. The lowest BCUT2D eigenvalue weighted by Crippen LogP contribution is -2.48. The van der Waals surface area contributed by atoms with Crippen LogP contribution in [-0.2, 0) is 10.8 Å². The van der Waals surface area contributed by atoms with Gasteiger partial charge in [0.15, 0.2) is 5.96 Å². The van der Waals surface area contributed by atoms with Crippen LogP contribution in [0.4, 0.5) is 0 Å². The van der Waals surface area contributed by atoms with Crippen molar-refractivity contribution in [3.05, 3.63) is 0 Å². The third-order valence-electron chi connectivity index (χ3n) is 5.57. The molecule has 2 fully saturated rings. The molecule has 1 heterocycles. The molecule has 3 atom stereocenters. The molecule has 1 aliphatic carbocycles. The van der Waals surface area contributed by atoms with E-state index >= 15 is 0 Å². The third kappa shape index (κ3) is 8.95. The summed E-state index contributed by atoms with van der Waals surface area (Å²) in [5.74, 6) is 1.70. The highest BCUT2D eigenvalue weighted by molar-refractivity contribution is 14.0. The van der Waals surface area contributed by atoms with E-state index in [4.69, 9.17) is 4.99 Å². The number of likely N-dealkylation sites (N-methyl/N-ethyl adjacent to an activating group) is 1. The van der Waals surface area contributed by atoms with Crippen LogP contribution in [0.2, 0.25) is 0 Å². The first-order valence-electron chi connectivity index (χ1n) is 10.5. The largest absolute Gasteiger partial charge is 0.357 e. The second kappa shape index (κ2) is 14.1. The molecule has 0 radical (unpaired) electrons. The molecule has 3 unspecified atom stereocenters. The highest BCUT2D eigenvalue weighted by Crippen LogP contribution is 2.22. The van der Waals surface area contributed by atoms with Gasteiger partial charge in [0.2, 0.25) is 0 Å². The van der Waals surface area contributed by atoms with Crippen molar-refractivity contribution in [2.45, 2.75) is 57.7 Å². The molecule has 6 nitrogen and oxygen atoms in total. The quantitative estimate of drug-likeness (QED) is 0.295. The number of nitrogens with zero attached hydrogens (tertiary/aromatic N) is 3. The van der Waals surface area contributed by atoms with E-state index in [9.17, 15) is 4.21 Å². The van der Waals surface area contributed by atoms with E-state index in [0.29, 0.717) is 11.3 Å². The van der Waals surface area contributed by atoms with Crippen LogP contribution in [0.25, 0.3) is 0 Å². The summed E-state index contributed by atoms with van der Waals surface area (Å²) in [6.07, 6.45) is 4.43. The standard InChI is InChI=1S/C19H39N5OS.HI/c1-4-20-19(21-10-11-24-14-12-23(5-2)13-15-24)22-17-8-7-9-18(16-17)26(25)6-3;/h17-18H,4-16H2,1-3H3,(H2,20,21,22);1H. The van der Waals surface area contributed by atoms with E-state index in [1.54, 1.807) is 0 Å². The van der Waals surface area contributed by atoms with E-state index in [-0.39, 0.29) is 24.0 Å². The molecule has 2 N–H and O–H groups in total. The molecule has 0 aromatic heterocycles. The van der Waals surface area contributed by atoms with Gasteiger partial charge >= 0.3 is 0 Å². The fourth-order valence-corrected chi connectivity index (χ4v) is 5.24. The second-order valence-electron chi connectivity index (χ2n) is 7.34. The zero-order valence-electron chi connectivity index (χ0n) is 17.4. The summed E-state index contributed by atoms with van der Waals surface area (Å²) in [6.45, 7) is 14.9. The van der Waals surface area contributed by atoms with Gasteiger partial charge in [-0.1, -0.05) is 20.3 Å². The van der Waals surface area contributed by atoms with Gasteiger partial charge in [-0.25, -0.2) is 0 Å². The van der Waals surface area contributed by atoms with E-state index in [1.807, 2.05) is 6.92 Å². The van der Waals surface area contributed by atoms with E-state index in [2.05, 4.69) is 34.3 Å². The average molecular weight is 514 g/mol. The molecule has 0 amide bonds. The maximum atomic E-state index is 12.1. The van der Waals surface area contributed by atoms with E-state index < -0.39 is 10.8 Å². The first-order chi connectivity index (χ1) is 12.7. The molecule has 0 spiro atoms. The second-order valence-corrected chi connectivity index (χ2v) is 9.34. The molecule has 0 aromatic rings. The van der Waals surface area contributed by atoms with Crippen molar-refractivity contribution in [2.75, 3.05) is 58.1 Å². The molecule has 160 valence electrons. The Morgan fingerprint density at radius 3 is 2.44 bits per heavy atom. The van der Waals surface area contributed by atoms with Crippen molar-refractivity contribution in [2.24, 2.45) is 4.99 Å². The maximum absolute atomic E-state index is 12.1. The first kappa shape index (κ1) is 25.1. The van der Waals surface area contributed by atoms with Crippen molar-refractivity contribution in [1.29, 1.82) is 0 Å². The van der Waals surface area contributed by atoms with E-state index in [0.717, 1.165) is 76.7 Å². The summed E-state index contributed by atoms with van der Waals surface area (Å²) in [6, 6.07) is 0.398. The molecule has 2 rings (SSSR count). The highest BCUT2D eigenvalue weighted by atomic mass is 127. The summed E-state index contributed by atoms with van der Waals surface area (Å²) in [5.41, 5.74) is 0. The minimum absolute atomic E-state index is 0. The molecule has 0 bridgehead atoms. The summed E-state index contributed by atoms with van der Waals surface area (Å²) in [4.78, 5) is 9.81. The summed E-state index contributed by atoms with van der Waals surface area (Å²) < 4.78 is 12.1. The van der Waals surface area contributed by atoms with Gasteiger partial charge in [-0.3, -0.25) is 14.1 Å². The Morgan fingerprint density at radius 2 is 1.81 bits per heavy atom. The Morgan fingerprint density at radius 1 is 1.11 bits per heavy atom. The zero-order valence-corrected chi connectivity index (χ0v) is 20.6. The highest BCUT2D eigenvalue weighted by Gasteiger charge is 2.26. The van der Waals surface area contributed by atoms with Crippen molar-refractivity contribution < 1.29 is 4.21 Å². The molecular weight excluding hydrogens is 473 g/mol. The Labute approximate surface area is 185 Å². The van der Waals surface area contributed by atoms with Crippen LogP contribution >= 0.6 is 24.0 Å². The Balaban J connectivity index is 0.00000364. The first-order valence-corrected chi connectivity index (χ1v) is 11.9. The predicted molar refractivity (Wildman–Crippen MR) is 128 cm³/mol. The number of hydrogen-bond donors (Lipinski definition) is 2. The normalized spacial score (nSPS) is 26.3. The Kier molecular flexibility index (Phi) is 13.1. The predicted octanol–water partition coefficient (Wildman–Crippen LogP) is 1.88. The van der Waals surface area contributed by atoms with Gasteiger partial charge in [-0.15, -0.1) is 24.0 Å². The van der Waals surface area contributed by atoms with Crippen LogP contribution in [0, 0.1) is 0 Å². The molecule has 8 heteroatoms. The zero-order chi connectivity index (χ0) is 18.8. The Hall–Kier alpha value is 0.0700. The summed E-state index contributed by atoms with van der Waals surface area (Å²) in [7, 11) is -0.676. The van der Waals surface area contributed by atoms with Crippen LogP contribution in [0.15, 0.2) is 4.99 Å². The molecular formula is C19H40IN5OS. The lowest BCUT2D eigenvalue weighted by molar-refractivity contribution is 0.140. The molecule has 27 heavy (non-hydrogen) atoms. The van der Waals surface area contributed by atoms with Gasteiger partial charge < -0.3 is 15.5 Å². The number of piperazine rings is 1. The van der Waals surface area contributed by atoms with Gasteiger partial charge in [-0.05, 0) is 32.7 Å². The van der Waals surface area contributed by atoms with Crippen molar-refractivity contribution in [3.8, 4) is 0 Å². The molecule has 0 aromatic carbocycles. The maximum Gasteiger partial charge on any atom is 0.191 e. The SMILES string of the molecule is CCNC(=NCCN1CCN(CC)CC1)NC1CCCC(S(=O)CC)C1.I. The van der Waals surface area contributed by atoms with E-state index in [1.165, 1.54) is 13.1 Å². The lowest BCUT2D eigenvalue weighted by Gasteiger charge is -2.33. The summed E-state index contributed by atoms with van der Waals surface area (Å²) >= 11 is 0. The minimum atomic E-state index is -0.676. The van der Waals surface area contributed by atoms with Crippen LogP contribution in [0.5, 0.6) is 0 Å². The van der Waals surface area contributed by atoms with Gasteiger partial charge in [0.05, 0.1) is 6.54 Å². The van der Waals surface area contributed by atoms with Gasteiger partial charge in [0, 0.05) is 67.1 Å². The molecule has 2 aliphatic rings. The van der Waals surface area contributed by atoms with Crippen molar-refractivity contribution in [3.63, 3.8) is 0 Å². The monoisotopic (exact) mass is 513 g/mol. The van der Waals surface area contributed by atoms with Crippen molar-refractivity contribution in [1.82, 2.24) is 20.4 Å². The number of aliphatic imine (C=N–C) groups is 1. The van der Waals surface area contributed by atoms with Crippen LogP contribution < -0.4 is 10.6 Å². The smallest absolute Gasteiger partial charge is 0.191 e. The minimum Gasteiger partial charge on any atom is -0.357 e. The number of halogens is 1. The number of guanidine groups is 1. The number of nitrogens with one attached hydrogen (secondary N) is 2. The molecule has 1 saturated carbocycles. The van der Waals surface area contributed by atoms with Gasteiger partial charge in [0.25, 0.3) is 0 Å². The number of hydrogen-bond acceptors (Lipinski definition) is 4. The number of rotatable bonds is 8. The van der Waals surface area contributed by atoms with Gasteiger partial charge in [0.1, 0.15) is 0 Å². The average Bonchev–Trinajstić information content (AvgIpc) is 2.68. The Bertz CT molecular complexity index is 457. The molecule has 1 aliphatic heterocycles. The van der Waals surface area contributed by atoms with Crippen LogP contribution in [0.1, 0.15) is 46.5 Å². The van der Waals surface area contributed by atoms with Gasteiger partial charge in [-0.2, -0.15) is 0 Å². The molecule has 1 saturated heterocycles. The summed E-state index contributed by atoms with van der Waals surface area (Å²) in [5, 5.41) is 7.33. The third-order valence-corrected chi connectivity index (χ3v) is 7.31. The lowest BCUT2D eigenvalue weighted by atomic mass is 9.95. The van der Waals surface area contributed by atoms with Crippen LogP contribution in [-0.4, -0.2) is 89.4 Å². The fourth-order valence-electron chi connectivity index (χ4n) is 3.90. The van der Waals surface area contributed by atoms with Crippen LogP contribution in [0.3, 0.4) is 0 Å². The topological polar surface area (TPSA) is 60.0 Å².